The highest BCUT2D eigenvalue weighted by atomic mass is 19.1. The van der Waals surface area contributed by atoms with Crippen LogP contribution in [0.25, 0.3) is 10.9 Å². The van der Waals surface area contributed by atoms with Crippen LogP contribution in [0.2, 0.25) is 0 Å². The number of rotatable bonds is 4. The molecule has 132 valence electrons. The summed E-state index contributed by atoms with van der Waals surface area (Å²) < 4.78 is 14.9. The van der Waals surface area contributed by atoms with Crippen molar-refractivity contribution >= 4 is 22.4 Å². The minimum absolute atomic E-state index is 0.266. The summed E-state index contributed by atoms with van der Waals surface area (Å²) in [5.74, 6) is 0.0505. The second-order valence-electron chi connectivity index (χ2n) is 6.69. The predicted molar refractivity (Wildman–Crippen MR) is 95.7 cm³/mol. The lowest BCUT2D eigenvalue weighted by molar-refractivity contribution is 0.0305. The van der Waals surface area contributed by atoms with Gasteiger partial charge in [0, 0.05) is 25.0 Å². The van der Waals surface area contributed by atoms with Crippen molar-refractivity contribution in [3.63, 3.8) is 0 Å². The molecule has 1 fully saturated rings. The predicted octanol–water partition coefficient (Wildman–Crippen LogP) is 2.16. The zero-order chi connectivity index (χ0) is 18.3. The molecule has 8 heteroatoms. The number of nitriles is 1. The molecule has 0 unspecified atom stereocenters. The monoisotopic (exact) mass is 352 g/mol. The maximum Gasteiger partial charge on any atom is 0.261 e. The summed E-state index contributed by atoms with van der Waals surface area (Å²) in [6.07, 6.45) is 1.88. The number of nitrogens with zero attached hydrogens (tertiary/aromatic N) is 4. The Morgan fingerprint density at radius 1 is 1.35 bits per heavy atom. The van der Waals surface area contributed by atoms with Gasteiger partial charge in [0.2, 0.25) is 0 Å². The van der Waals surface area contributed by atoms with Gasteiger partial charge in [-0.1, -0.05) is 0 Å². The number of anilines is 2. The Balaban J connectivity index is 1.85. The van der Waals surface area contributed by atoms with Crippen molar-refractivity contribution < 1.29 is 4.39 Å². The molecule has 0 atom stereocenters. The van der Waals surface area contributed by atoms with Crippen LogP contribution < -0.4 is 10.9 Å². The van der Waals surface area contributed by atoms with Crippen LogP contribution in [0.4, 0.5) is 15.9 Å². The average Bonchev–Trinajstić information content (AvgIpc) is 2.96. The second-order valence-corrected chi connectivity index (χ2v) is 6.69. The number of fused-ring (bicyclic) bond motifs is 1. The summed E-state index contributed by atoms with van der Waals surface area (Å²) >= 11 is 0. The highest BCUT2D eigenvalue weighted by Crippen LogP contribution is 2.35. The lowest BCUT2D eigenvalue weighted by atomic mass is 9.87. The molecule has 0 spiro atoms. The molecule has 26 heavy (non-hydrogen) atoms. The van der Waals surface area contributed by atoms with E-state index in [0.717, 1.165) is 0 Å². The summed E-state index contributed by atoms with van der Waals surface area (Å²) in [4.78, 5) is 17.2. The Hall–Kier alpha value is -3.18. The van der Waals surface area contributed by atoms with E-state index in [2.05, 4.69) is 26.4 Å². The van der Waals surface area contributed by atoms with E-state index < -0.39 is 5.54 Å². The number of likely N-dealkylation sites (tertiary alicyclic amines) is 1. The van der Waals surface area contributed by atoms with E-state index in [1.807, 2.05) is 7.05 Å². The molecule has 3 aromatic rings. The van der Waals surface area contributed by atoms with Crippen molar-refractivity contribution in [2.24, 2.45) is 0 Å². The molecular formula is C18H17FN6O. The van der Waals surface area contributed by atoms with E-state index in [1.54, 1.807) is 29.1 Å². The Morgan fingerprint density at radius 3 is 2.73 bits per heavy atom. The van der Waals surface area contributed by atoms with E-state index in [1.165, 1.54) is 12.1 Å². The average molecular weight is 352 g/mol. The smallest absolute Gasteiger partial charge is 0.261 e. The quantitative estimate of drug-likeness (QED) is 0.751. The number of aromatic nitrogens is 3. The molecule has 1 aliphatic heterocycles. The van der Waals surface area contributed by atoms with Gasteiger partial charge in [-0.2, -0.15) is 10.4 Å². The summed E-state index contributed by atoms with van der Waals surface area (Å²) in [5, 5.41) is 17.4. The van der Waals surface area contributed by atoms with Crippen LogP contribution in [0.5, 0.6) is 0 Å². The second kappa shape index (κ2) is 5.97. The van der Waals surface area contributed by atoms with Gasteiger partial charge in [0.15, 0.2) is 5.82 Å². The number of pyridine rings is 1. The number of nitrogens with one attached hydrogen (secondary N) is 2. The number of H-pyrrole nitrogens is 1. The number of hydrogen-bond acceptors (Lipinski definition) is 5. The summed E-state index contributed by atoms with van der Waals surface area (Å²) in [6, 6.07) is 9.87. The molecular weight excluding hydrogens is 335 g/mol. The summed E-state index contributed by atoms with van der Waals surface area (Å²) in [5.41, 5.74) is 0.569. The van der Waals surface area contributed by atoms with Gasteiger partial charge in [0.05, 0.1) is 18.0 Å². The van der Waals surface area contributed by atoms with Crippen LogP contribution in [-0.4, -0.2) is 39.8 Å². The third-order valence-corrected chi connectivity index (χ3v) is 4.70. The van der Waals surface area contributed by atoms with Crippen LogP contribution in [0.15, 0.2) is 41.3 Å². The Kier molecular flexibility index (Phi) is 3.74. The molecule has 0 radical (unpaired) electrons. The van der Waals surface area contributed by atoms with Crippen LogP contribution in [0.3, 0.4) is 0 Å². The molecule has 0 amide bonds. The molecule has 3 heterocycles. The largest absolute Gasteiger partial charge is 0.338 e. The lowest BCUT2D eigenvalue weighted by Gasteiger charge is -2.47. The molecule has 0 saturated carbocycles. The van der Waals surface area contributed by atoms with Crippen LogP contribution in [0, 0.1) is 17.1 Å². The Labute approximate surface area is 148 Å². The minimum Gasteiger partial charge on any atom is -0.338 e. The van der Waals surface area contributed by atoms with Crippen molar-refractivity contribution in [2.75, 3.05) is 25.5 Å². The fourth-order valence-corrected chi connectivity index (χ4v) is 3.62. The van der Waals surface area contributed by atoms with Gasteiger partial charge in [0.25, 0.3) is 5.56 Å². The van der Waals surface area contributed by atoms with Gasteiger partial charge < -0.3 is 15.2 Å². The summed E-state index contributed by atoms with van der Waals surface area (Å²) in [7, 11) is 1.98. The third-order valence-electron chi connectivity index (χ3n) is 4.70. The Morgan fingerprint density at radius 2 is 2.08 bits per heavy atom. The van der Waals surface area contributed by atoms with Crippen molar-refractivity contribution in [1.82, 2.24) is 19.7 Å². The maximum absolute atomic E-state index is 13.1. The molecule has 4 rings (SSSR count). The number of likely N-dealkylation sites (N-methyl/N-ethyl adjacent to an activating group) is 1. The number of hydrogen-bond donors (Lipinski definition) is 2. The highest BCUT2D eigenvalue weighted by molar-refractivity contribution is 5.91. The van der Waals surface area contributed by atoms with Crippen molar-refractivity contribution in [1.29, 1.82) is 5.26 Å². The SMILES string of the molecule is CN1CC(CC#N)(n2nc(Nc3ccc(F)cc3)c3c(=O)[nH]ccc32)C1. The van der Waals surface area contributed by atoms with E-state index in [4.69, 9.17) is 0 Å². The van der Waals surface area contributed by atoms with E-state index in [9.17, 15) is 14.4 Å². The molecule has 1 aromatic carbocycles. The van der Waals surface area contributed by atoms with Crippen molar-refractivity contribution in [2.45, 2.75) is 12.0 Å². The van der Waals surface area contributed by atoms with Gasteiger partial charge in [-0.25, -0.2) is 4.39 Å². The van der Waals surface area contributed by atoms with Crippen molar-refractivity contribution in [3.8, 4) is 6.07 Å². The number of benzene rings is 1. The molecule has 1 saturated heterocycles. The Bertz CT molecular complexity index is 1060. The van der Waals surface area contributed by atoms with E-state index in [-0.39, 0.29) is 11.4 Å². The first kappa shape index (κ1) is 16.3. The van der Waals surface area contributed by atoms with Crippen LogP contribution >= 0.6 is 0 Å². The molecule has 1 aliphatic rings. The normalized spacial score (nSPS) is 16.2. The zero-order valence-electron chi connectivity index (χ0n) is 14.2. The zero-order valence-corrected chi connectivity index (χ0v) is 14.2. The summed E-state index contributed by atoms with van der Waals surface area (Å²) in [6.45, 7) is 1.36. The number of aromatic amines is 1. The van der Waals surface area contributed by atoms with Gasteiger partial charge in [0.1, 0.15) is 16.7 Å². The van der Waals surface area contributed by atoms with Crippen LogP contribution in [-0.2, 0) is 5.54 Å². The van der Waals surface area contributed by atoms with Gasteiger partial charge in [-0.15, -0.1) is 0 Å². The topological polar surface area (TPSA) is 89.7 Å². The standard InChI is InChI=1S/C18H17FN6O/c1-24-10-18(11-24,7-8-20)25-14-6-9-21-17(26)15(14)16(23-25)22-13-4-2-12(19)3-5-13/h2-6,9H,7,10-11H2,1H3,(H,21,26)(H,22,23). The fraction of sp³-hybridized carbons (Fsp3) is 0.278. The fourth-order valence-electron chi connectivity index (χ4n) is 3.62. The first-order valence-electron chi connectivity index (χ1n) is 8.21. The molecule has 0 aliphatic carbocycles. The first-order valence-corrected chi connectivity index (χ1v) is 8.21. The molecule has 2 aromatic heterocycles. The minimum atomic E-state index is -0.460. The van der Waals surface area contributed by atoms with Gasteiger partial charge in [-0.3, -0.25) is 9.48 Å². The maximum atomic E-state index is 13.1. The highest BCUT2D eigenvalue weighted by Gasteiger charge is 2.45. The first-order chi connectivity index (χ1) is 12.5. The van der Waals surface area contributed by atoms with Crippen LogP contribution in [0.1, 0.15) is 6.42 Å². The molecule has 2 N–H and O–H groups in total. The molecule has 0 bridgehead atoms. The lowest BCUT2D eigenvalue weighted by Crippen LogP contribution is -2.61. The van der Waals surface area contributed by atoms with E-state index in [0.29, 0.717) is 41.9 Å². The van der Waals surface area contributed by atoms with Crippen molar-refractivity contribution in [3.05, 3.63) is 52.7 Å². The molecule has 7 nitrogen and oxygen atoms in total. The van der Waals surface area contributed by atoms with Gasteiger partial charge in [-0.05, 0) is 37.4 Å². The number of halogens is 1. The van der Waals surface area contributed by atoms with Gasteiger partial charge >= 0.3 is 0 Å². The van der Waals surface area contributed by atoms with E-state index >= 15 is 0 Å². The third kappa shape index (κ3) is 2.53.